The number of amides is 2. The lowest BCUT2D eigenvalue weighted by Crippen LogP contribution is -2.25. The molecular weight excluding hydrogens is 370 g/mol. The molecule has 0 saturated carbocycles. The molecule has 0 spiro atoms. The highest BCUT2D eigenvalue weighted by Crippen LogP contribution is 2.26. The van der Waals surface area contributed by atoms with Crippen molar-refractivity contribution in [3.63, 3.8) is 0 Å². The van der Waals surface area contributed by atoms with Gasteiger partial charge in [0, 0.05) is 6.07 Å². The molecule has 0 saturated heterocycles. The van der Waals surface area contributed by atoms with Crippen LogP contribution in [-0.2, 0) is 10.1 Å². The maximum Gasteiger partial charge on any atom is 0.337 e. The smallest absolute Gasteiger partial charge is 0.337 e. The van der Waals surface area contributed by atoms with Crippen LogP contribution < -0.4 is 16.6 Å². The highest BCUT2D eigenvalue weighted by molar-refractivity contribution is 7.85. The van der Waals surface area contributed by atoms with E-state index in [-0.39, 0.29) is 16.8 Å². The predicted octanol–water partition coefficient (Wildman–Crippen LogP) is -0.752. The lowest BCUT2D eigenvalue weighted by molar-refractivity contribution is 0.0695. The summed E-state index contributed by atoms with van der Waals surface area (Å²) in [4.78, 5) is 46.6. The molecule has 2 heterocycles. The van der Waals surface area contributed by atoms with Gasteiger partial charge in [-0.1, -0.05) is 0 Å². The summed E-state index contributed by atoms with van der Waals surface area (Å²) in [7, 11) is -4.69. The largest absolute Gasteiger partial charge is 0.478 e. The van der Waals surface area contributed by atoms with Gasteiger partial charge in [-0.2, -0.15) is 8.42 Å². The lowest BCUT2D eigenvalue weighted by Gasteiger charge is -2.14. The molecule has 0 radical (unpaired) electrons. The van der Waals surface area contributed by atoms with Gasteiger partial charge >= 0.3 is 5.97 Å². The molecule has 0 bridgehead atoms. The Morgan fingerprint density at radius 3 is 2.35 bits per heavy atom. The van der Waals surface area contributed by atoms with Crippen molar-refractivity contribution in [2.45, 2.75) is 4.90 Å². The molecule has 1 aliphatic heterocycles. The van der Waals surface area contributed by atoms with E-state index in [2.05, 4.69) is 0 Å². The third-order valence-corrected chi connectivity index (χ3v) is 4.54. The van der Waals surface area contributed by atoms with Gasteiger partial charge in [0.1, 0.15) is 5.82 Å². The molecule has 2 aromatic rings. The predicted molar refractivity (Wildman–Crippen MR) is 85.0 cm³/mol. The first kappa shape index (κ1) is 17.3. The van der Waals surface area contributed by atoms with E-state index in [1.54, 1.807) is 0 Å². The van der Waals surface area contributed by atoms with E-state index in [0.29, 0.717) is 10.6 Å². The Hall–Kier alpha value is -3.51. The summed E-state index contributed by atoms with van der Waals surface area (Å²) in [6, 6.07) is 3.25. The average Bonchev–Trinajstić information content (AvgIpc) is 2.80. The summed E-state index contributed by atoms with van der Waals surface area (Å²) in [5.41, 5.74) is 3.33. The molecule has 1 aromatic heterocycles. The van der Waals surface area contributed by atoms with E-state index in [4.69, 9.17) is 10.3 Å². The van der Waals surface area contributed by atoms with Gasteiger partial charge in [-0.3, -0.25) is 28.8 Å². The zero-order valence-electron chi connectivity index (χ0n) is 12.6. The van der Waals surface area contributed by atoms with Crippen LogP contribution >= 0.6 is 0 Å². The molecule has 5 N–H and O–H groups in total. The van der Waals surface area contributed by atoms with Crippen LogP contribution in [0.5, 0.6) is 0 Å². The van der Waals surface area contributed by atoms with Gasteiger partial charge in [0.25, 0.3) is 27.5 Å². The summed E-state index contributed by atoms with van der Waals surface area (Å²) in [5, 5.41) is 11.3. The first-order valence-electron chi connectivity index (χ1n) is 6.79. The lowest BCUT2D eigenvalue weighted by atomic mass is 10.1. The topological polar surface area (TPSA) is 186 Å². The molecule has 0 atom stereocenters. The molecule has 134 valence electrons. The van der Waals surface area contributed by atoms with Gasteiger partial charge in [0.15, 0.2) is 0 Å². The quantitative estimate of drug-likeness (QED) is 0.393. The van der Waals surface area contributed by atoms with E-state index >= 15 is 0 Å². The number of aromatic nitrogens is 1. The fourth-order valence-corrected chi connectivity index (χ4v) is 3.08. The van der Waals surface area contributed by atoms with Gasteiger partial charge < -0.3 is 10.8 Å². The van der Waals surface area contributed by atoms with Crippen LogP contribution in [0, 0.1) is 0 Å². The van der Waals surface area contributed by atoms with Crippen molar-refractivity contribution in [1.29, 1.82) is 0 Å². The number of benzene rings is 1. The number of rotatable bonds is 3. The summed E-state index contributed by atoms with van der Waals surface area (Å²) < 4.78 is 32.1. The number of carbonyl (C=O) groups excluding carboxylic acids is 2. The van der Waals surface area contributed by atoms with E-state index in [9.17, 15) is 32.7 Å². The third kappa shape index (κ3) is 2.53. The number of imide groups is 1. The van der Waals surface area contributed by atoms with Crippen LogP contribution in [0.15, 0.2) is 34.0 Å². The number of nitrogens with two attached hydrogens (primary N) is 1. The molecule has 1 aliphatic rings. The summed E-state index contributed by atoms with van der Waals surface area (Å²) in [5.74, 6) is -3.78. The Bertz CT molecular complexity index is 1180. The molecule has 1 aromatic carbocycles. The van der Waals surface area contributed by atoms with Crippen molar-refractivity contribution < 1.29 is 32.5 Å². The number of nitrogen functional groups attached to an aromatic ring is 1. The maximum atomic E-state index is 12.3. The van der Waals surface area contributed by atoms with Crippen molar-refractivity contribution in [2.24, 2.45) is 0 Å². The number of hydrogen-bond donors (Lipinski definition) is 4. The highest BCUT2D eigenvalue weighted by atomic mass is 32.2. The van der Waals surface area contributed by atoms with Gasteiger partial charge in [-0.15, -0.1) is 0 Å². The van der Waals surface area contributed by atoms with Crippen molar-refractivity contribution >= 4 is 33.7 Å². The zero-order chi connectivity index (χ0) is 19.4. The van der Waals surface area contributed by atoms with Crippen LogP contribution in [0.4, 0.5) is 5.82 Å². The van der Waals surface area contributed by atoms with Crippen LogP contribution in [0.1, 0.15) is 31.1 Å². The first-order chi connectivity index (χ1) is 12.0. The number of carboxylic acid groups (broad SMARTS) is 1. The average molecular weight is 379 g/mol. The minimum Gasteiger partial charge on any atom is -0.478 e. The first-order valence-corrected chi connectivity index (χ1v) is 8.23. The minimum absolute atomic E-state index is 0.250. The van der Waals surface area contributed by atoms with Crippen LogP contribution in [-0.4, -0.2) is 40.4 Å². The SMILES string of the molecule is Nc1c2c(cc(=O)n1-c1ccc(S(=O)(=O)O)cc1C(=O)O)C(=O)NC2=O. The normalized spacial score (nSPS) is 13.4. The molecule has 3 rings (SSSR count). The molecule has 0 aliphatic carbocycles. The van der Waals surface area contributed by atoms with Gasteiger partial charge in [0.2, 0.25) is 0 Å². The fourth-order valence-electron chi connectivity index (χ4n) is 2.57. The minimum atomic E-state index is -4.69. The number of hydrogen-bond acceptors (Lipinski definition) is 7. The summed E-state index contributed by atoms with van der Waals surface area (Å²) in [6.45, 7) is 0. The van der Waals surface area contributed by atoms with Crippen molar-refractivity contribution in [3.8, 4) is 5.69 Å². The number of fused-ring (bicyclic) bond motifs is 1. The number of pyridine rings is 1. The van der Waals surface area contributed by atoms with Crippen LogP contribution in [0.2, 0.25) is 0 Å². The molecule has 26 heavy (non-hydrogen) atoms. The van der Waals surface area contributed by atoms with E-state index < -0.39 is 49.7 Å². The molecule has 0 fully saturated rings. The Morgan fingerprint density at radius 1 is 1.12 bits per heavy atom. The van der Waals surface area contributed by atoms with Gasteiger partial charge in [0.05, 0.1) is 27.3 Å². The monoisotopic (exact) mass is 379 g/mol. The number of carboxylic acids is 1. The second-order valence-electron chi connectivity index (χ2n) is 5.23. The van der Waals surface area contributed by atoms with E-state index in [0.717, 1.165) is 18.2 Å². The number of carbonyl (C=O) groups is 3. The number of nitrogens with zero attached hydrogens (tertiary/aromatic N) is 1. The third-order valence-electron chi connectivity index (χ3n) is 3.69. The zero-order valence-corrected chi connectivity index (χ0v) is 13.4. The molecule has 12 heteroatoms. The Morgan fingerprint density at radius 2 is 1.77 bits per heavy atom. The number of aromatic carboxylic acids is 1. The van der Waals surface area contributed by atoms with E-state index in [1.807, 2.05) is 5.32 Å². The Kier molecular flexibility index (Phi) is 3.67. The number of anilines is 1. The Balaban J connectivity index is 2.37. The molecule has 0 unspecified atom stereocenters. The van der Waals surface area contributed by atoms with Crippen LogP contribution in [0.25, 0.3) is 5.69 Å². The number of nitrogens with one attached hydrogen (secondary N) is 1. The van der Waals surface area contributed by atoms with E-state index in [1.165, 1.54) is 0 Å². The fraction of sp³-hybridized carbons (Fsp3) is 0. The second kappa shape index (κ2) is 5.50. The molecular formula is C14H9N3O8S. The van der Waals surface area contributed by atoms with Crippen molar-refractivity contribution in [3.05, 3.63) is 51.3 Å². The highest BCUT2D eigenvalue weighted by Gasteiger charge is 2.32. The molecule has 2 amide bonds. The van der Waals surface area contributed by atoms with Crippen molar-refractivity contribution in [2.75, 3.05) is 5.73 Å². The van der Waals surface area contributed by atoms with Crippen LogP contribution in [0.3, 0.4) is 0 Å². The van der Waals surface area contributed by atoms with Gasteiger partial charge in [-0.05, 0) is 18.2 Å². The Labute approximate surface area is 144 Å². The summed E-state index contributed by atoms with van der Waals surface area (Å²) in [6.07, 6.45) is 0. The standard InChI is InChI=1S/C14H9N3O8S/c15-11-10-7(12(19)16-13(10)20)4-9(18)17(11)8-2-1-5(26(23,24)25)3-6(8)14(21)22/h1-4H,15H2,(H,21,22)(H,16,19,20)(H,23,24,25). The summed E-state index contributed by atoms with van der Waals surface area (Å²) >= 11 is 0. The molecule has 11 nitrogen and oxygen atoms in total. The maximum absolute atomic E-state index is 12.3. The van der Waals surface area contributed by atoms with Gasteiger partial charge in [-0.25, -0.2) is 4.79 Å². The van der Waals surface area contributed by atoms with Crippen molar-refractivity contribution in [1.82, 2.24) is 9.88 Å². The second-order valence-corrected chi connectivity index (χ2v) is 6.66.